The van der Waals surface area contributed by atoms with Crippen LogP contribution in [0.3, 0.4) is 0 Å². The molecule has 2 fully saturated rings. The zero-order chi connectivity index (χ0) is 19.2. The molecule has 1 N–H and O–H groups in total. The summed E-state index contributed by atoms with van der Waals surface area (Å²) in [7, 11) is 0. The standard InChI is InChI=1S/C21H29FN2O3/c22-17-9-7-16(8-10-17)15-24(13-14-25)21(27)19-6-2-1-5-18(19)20(26)23-11-3-4-12-23/h7-10,18-19,25H,1-6,11-15H2/t18-,19+/m1/s1. The fourth-order valence-corrected chi connectivity index (χ4v) is 4.33. The average Bonchev–Trinajstić information content (AvgIpc) is 3.23. The van der Waals surface area contributed by atoms with Gasteiger partial charge in [0.1, 0.15) is 5.82 Å². The van der Waals surface area contributed by atoms with Crippen LogP contribution in [0.15, 0.2) is 24.3 Å². The molecule has 1 aromatic carbocycles. The lowest BCUT2D eigenvalue weighted by atomic mass is 9.77. The van der Waals surface area contributed by atoms with Crippen LogP contribution in [0.4, 0.5) is 4.39 Å². The van der Waals surface area contributed by atoms with Gasteiger partial charge in [0.2, 0.25) is 11.8 Å². The third-order valence-electron chi connectivity index (χ3n) is 5.79. The minimum Gasteiger partial charge on any atom is -0.395 e. The third-order valence-corrected chi connectivity index (χ3v) is 5.79. The zero-order valence-electron chi connectivity index (χ0n) is 15.8. The largest absolute Gasteiger partial charge is 0.395 e. The Kier molecular flexibility index (Phi) is 6.83. The summed E-state index contributed by atoms with van der Waals surface area (Å²) < 4.78 is 13.1. The molecule has 1 saturated heterocycles. The van der Waals surface area contributed by atoms with Gasteiger partial charge in [-0.05, 0) is 43.4 Å². The van der Waals surface area contributed by atoms with Gasteiger partial charge in [-0.25, -0.2) is 4.39 Å². The summed E-state index contributed by atoms with van der Waals surface area (Å²) in [6.07, 6.45) is 5.48. The molecule has 6 heteroatoms. The van der Waals surface area contributed by atoms with Crippen molar-refractivity contribution in [2.24, 2.45) is 11.8 Å². The normalized spacial score (nSPS) is 22.7. The molecule has 5 nitrogen and oxygen atoms in total. The molecule has 2 aliphatic rings. The van der Waals surface area contributed by atoms with Gasteiger partial charge in [0.15, 0.2) is 0 Å². The van der Waals surface area contributed by atoms with Gasteiger partial charge in [-0.15, -0.1) is 0 Å². The highest BCUT2D eigenvalue weighted by atomic mass is 19.1. The number of amides is 2. The van der Waals surface area contributed by atoms with E-state index >= 15 is 0 Å². The molecule has 1 heterocycles. The monoisotopic (exact) mass is 376 g/mol. The summed E-state index contributed by atoms with van der Waals surface area (Å²) in [6, 6.07) is 6.05. The molecule has 0 unspecified atom stereocenters. The van der Waals surface area contributed by atoms with Crippen molar-refractivity contribution in [3.05, 3.63) is 35.6 Å². The predicted molar refractivity (Wildman–Crippen MR) is 100 cm³/mol. The Morgan fingerprint density at radius 3 is 2.30 bits per heavy atom. The molecule has 1 aliphatic heterocycles. The number of benzene rings is 1. The second-order valence-corrected chi connectivity index (χ2v) is 7.64. The van der Waals surface area contributed by atoms with Crippen LogP contribution in [0, 0.1) is 17.7 Å². The first-order valence-corrected chi connectivity index (χ1v) is 10.0. The molecular weight excluding hydrogens is 347 g/mol. The van der Waals surface area contributed by atoms with Crippen molar-refractivity contribution < 1.29 is 19.1 Å². The maximum Gasteiger partial charge on any atom is 0.226 e. The van der Waals surface area contributed by atoms with E-state index in [0.717, 1.165) is 50.8 Å². The number of carbonyl (C=O) groups is 2. The van der Waals surface area contributed by atoms with Gasteiger partial charge in [-0.2, -0.15) is 0 Å². The first-order valence-electron chi connectivity index (χ1n) is 10.0. The van der Waals surface area contributed by atoms with E-state index in [1.165, 1.54) is 12.1 Å². The van der Waals surface area contributed by atoms with E-state index in [1.54, 1.807) is 17.0 Å². The Morgan fingerprint density at radius 1 is 1.04 bits per heavy atom. The Hall–Kier alpha value is -1.95. The topological polar surface area (TPSA) is 60.9 Å². The molecule has 0 bridgehead atoms. The van der Waals surface area contributed by atoms with Crippen molar-refractivity contribution in [1.82, 2.24) is 9.80 Å². The van der Waals surface area contributed by atoms with Crippen LogP contribution in [-0.4, -0.2) is 53.0 Å². The highest BCUT2D eigenvalue weighted by Crippen LogP contribution is 2.34. The Balaban J connectivity index is 1.73. The number of aliphatic hydroxyl groups is 1. The van der Waals surface area contributed by atoms with Gasteiger partial charge < -0.3 is 14.9 Å². The summed E-state index contributed by atoms with van der Waals surface area (Å²) in [5, 5.41) is 9.42. The number of aliphatic hydroxyl groups excluding tert-OH is 1. The maximum atomic E-state index is 13.3. The smallest absolute Gasteiger partial charge is 0.226 e. The lowest BCUT2D eigenvalue weighted by Crippen LogP contribution is -2.46. The van der Waals surface area contributed by atoms with Crippen LogP contribution in [-0.2, 0) is 16.1 Å². The average molecular weight is 376 g/mol. The minimum atomic E-state index is -0.321. The highest BCUT2D eigenvalue weighted by molar-refractivity contribution is 5.88. The number of hydrogen-bond donors (Lipinski definition) is 1. The van der Waals surface area contributed by atoms with E-state index in [2.05, 4.69) is 0 Å². The Morgan fingerprint density at radius 2 is 1.67 bits per heavy atom. The number of carbonyl (C=O) groups excluding carboxylic acids is 2. The van der Waals surface area contributed by atoms with Gasteiger partial charge in [-0.3, -0.25) is 9.59 Å². The molecule has 0 aromatic heterocycles. The predicted octanol–water partition coefficient (Wildman–Crippen LogP) is 2.58. The SMILES string of the molecule is O=C([C@H]1CCCC[C@H]1C(=O)N1CCCC1)N(CCO)Cc1ccc(F)cc1. The molecular formula is C21H29FN2O3. The van der Waals surface area contributed by atoms with Crippen molar-refractivity contribution in [3.8, 4) is 0 Å². The van der Waals surface area contributed by atoms with Crippen molar-refractivity contribution in [2.45, 2.75) is 45.1 Å². The zero-order valence-corrected chi connectivity index (χ0v) is 15.8. The first kappa shape index (κ1) is 19.8. The molecule has 148 valence electrons. The second kappa shape index (κ2) is 9.31. The quantitative estimate of drug-likeness (QED) is 0.830. The van der Waals surface area contributed by atoms with Crippen LogP contribution < -0.4 is 0 Å². The molecule has 1 saturated carbocycles. The molecule has 0 radical (unpaired) electrons. The van der Waals surface area contributed by atoms with Crippen molar-refractivity contribution in [2.75, 3.05) is 26.2 Å². The van der Waals surface area contributed by atoms with Gasteiger partial charge >= 0.3 is 0 Å². The van der Waals surface area contributed by atoms with Gasteiger partial charge in [-0.1, -0.05) is 25.0 Å². The number of halogens is 1. The molecule has 0 spiro atoms. The van der Waals surface area contributed by atoms with Crippen LogP contribution in [0.25, 0.3) is 0 Å². The van der Waals surface area contributed by atoms with Crippen LogP contribution in [0.5, 0.6) is 0 Å². The van der Waals surface area contributed by atoms with E-state index < -0.39 is 0 Å². The van der Waals surface area contributed by atoms with Gasteiger partial charge in [0.05, 0.1) is 6.61 Å². The van der Waals surface area contributed by atoms with E-state index in [9.17, 15) is 19.1 Å². The Labute approximate surface area is 160 Å². The minimum absolute atomic E-state index is 0.0642. The fourth-order valence-electron chi connectivity index (χ4n) is 4.33. The van der Waals surface area contributed by atoms with Crippen LogP contribution >= 0.6 is 0 Å². The molecule has 27 heavy (non-hydrogen) atoms. The third kappa shape index (κ3) is 4.86. The number of likely N-dealkylation sites (tertiary alicyclic amines) is 1. The fraction of sp³-hybridized carbons (Fsp3) is 0.619. The number of nitrogens with zero attached hydrogens (tertiary/aromatic N) is 2. The Bertz CT molecular complexity index is 643. The van der Waals surface area contributed by atoms with E-state index in [1.807, 2.05) is 4.90 Å². The molecule has 1 aliphatic carbocycles. The highest BCUT2D eigenvalue weighted by Gasteiger charge is 2.39. The van der Waals surface area contributed by atoms with E-state index in [4.69, 9.17) is 0 Å². The van der Waals surface area contributed by atoms with Crippen LogP contribution in [0.2, 0.25) is 0 Å². The summed E-state index contributed by atoms with van der Waals surface area (Å²) in [5.41, 5.74) is 0.816. The molecule has 3 rings (SSSR count). The van der Waals surface area contributed by atoms with E-state index in [0.29, 0.717) is 13.0 Å². The van der Waals surface area contributed by atoms with Gasteiger partial charge in [0.25, 0.3) is 0 Å². The summed E-state index contributed by atoms with van der Waals surface area (Å²) >= 11 is 0. The molecule has 2 atom stereocenters. The molecule has 1 aromatic rings. The number of rotatable bonds is 6. The van der Waals surface area contributed by atoms with Crippen molar-refractivity contribution in [3.63, 3.8) is 0 Å². The van der Waals surface area contributed by atoms with Crippen LogP contribution in [0.1, 0.15) is 44.1 Å². The van der Waals surface area contributed by atoms with Crippen molar-refractivity contribution >= 4 is 11.8 Å². The van der Waals surface area contributed by atoms with Crippen molar-refractivity contribution in [1.29, 1.82) is 0 Å². The lowest BCUT2D eigenvalue weighted by molar-refractivity contribution is -0.148. The second-order valence-electron chi connectivity index (χ2n) is 7.64. The molecule has 2 amide bonds. The summed E-state index contributed by atoms with van der Waals surface area (Å²) in [6.45, 7) is 2.00. The number of hydrogen-bond acceptors (Lipinski definition) is 3. The summed E-state index contributed by atoms with van der Waals surface area (Å²) in [5.74, 6) is -0.832. The maximum absolute atomic E-state index is 13.3. The van der Waals surface area contributed by atoms with E-state index in [-0.39, 0.29) is 42.6 Å². The first-order chi connectivity index (χ1) is 13.1. The van der Waals surface area contributed by atoms with Gasteiger partial charge in [0, 0.05) is 38.0 Å². The lowest BCUT2D eigenvalue weighted by Gasteiger charge is -2.35. The summed E-state index contributed by atoms with van der Waals surface area (Å²) in [4.78, 5) is 29.7.